The highest BCUT2D eigenvalue weighted by atomic mass is 35.5. The summed E-state index contributed by atoms with van der Waals surface area (Å²) in [6, 6.07) is 5.89. The number of hydrogen-bond donors (Lipinski definition) is 2. The van der Waals surface area contributed by atoms with Gasteiger partial charge in [0.25, 0.3) is 0 Å². The molecule has 1 amide bonds. The molecule has 0 aliphatic heterocycles. The lowest BCUT2D eigenvalue weighted by Gasteiger charge is -2.17. The van der Waals surface area contributed by atoms with E-state index in [1.807, 2.05) is 0 Å². The maximum Gasteiger partial charge on any atom is 0.237 e. The summed E-state index contributed by atoms with van der Waals surface area (Å²) in [4.78, 5) is 16.0. The van der Waals surface area contributed by atoms with Gasteiger partial charge in [0.05, 0.1) is 6.04 Å². The van der Waals surface area contributed by atoms with Crippen molar-refractivity contribution in [2.45, 2.75) is 25.9 Å². The molecule has 0 spiro atoms. The summed E-state index contributed by atoms with van der Waals surface area (Å²) in [5, 5.41) is 7.25. The van der Waals surface area contributed by atoms with Gasteiger partial charge in [-0.05, 0) is 24.6 Å². The average molecular weight is 331 g/mol. The minimum Gasteiger partial charge on any atom is -0.341 e. The maximum atomic E-state index is 11.8. The van der Waals surface area contributed by atoms with Crippen LogP contribution in [0.15, 0.2) is 28.8 Å². The number of benzene rings is 1. The van der Waals surface area contributed by atoms with Gasteiger partial charge in [-0.2, -0.15) is 4.98 Å². The normalized spacial score (nSPS) is 13.1. The number of nitrogens with one attached hydrogen (secondary N) is 1. The van der Waals surface area contributed by atoms with Crippen molar-refractivity contribution in [3.63, 3.8) is 0 Å². The fraction of sp³-hybridized carbons (Fsp3) is 0.308. The highest BCUT2D eigenvalue weighted by molar-refractivity contribution is 6.30. The molecule has 6 nitrogen and oxygen atoms in total. The minimum atomic E-state index is -0.627. The van der Waals surface area contributed by atoms with Gasteiger partial charge >= 0.3 is 0 Å². The van der Waals surface area contributed by atoms with E-state index in [1.165, 1.54) is 0 Å². The molecule has 1 aromatic carbocycles. The van der Waals surface area contributed by atoms with E-state index in [9.17, 15) is 4.79 Å². The number of halogens is 2. The lowest BCUT2D eigenvalue weighted by molar-refractivity contribution is -0.122. The Morgan fingerprint density at radius 3 is 2.48 bits per heavy atom. The van der Waals surface area contributed by atoms with Crippen molar-refractivity contribution in [3.05, 3.63) is 46.6 Å². The van der Waals surface area contributed by atoms with Crippen molar-refractivity contribution >= 4 is 29.9 Å². The molecule has 1 aromatic heterocycles. The Balaban J connectivity index is 0.00000220. The largest absolute Gasteiger partial charge is 0.341 e. The monoisotopic (exact) mass is 330 g/mol. The Bertz CT molecular complexity index is 598. The Kier molecular flexibility index (Phi) is 6.14. The van der Waals surface area contributed by atoms with Gasteiger partial charge in [-0.1, -0.05) is 28.9 Å². The first-order valence-corrected chi connectivity index (χ1v) is 6.47. The van der Waals surface area contributed by atoms with Gasteiger partial charge < -0.3 is 15.6 Å². The molecule has 2 unspecified atom stereocenters. The standard InChI is InChI=1S/C13H15ClN4O2.ClH/c1-7(15)13(19)17-11(12-16-8(2)20-18-12)9-3-5-10(14)6-4-9;/h3-7,11H,15H2,1-2H3,(H,17,19);1H. The van der Waals surface area contributed by atoms with Crippen LogP contribution in [-0.2, 0) is 4.79 Å². The van der Waals surface area contributed by atoms with E-state index in [1.54, 1.807) is 38.1 Å². The van der Waals surface area contributed by atoms with E-state index in [2.05, 4.69) is 15.5 Å². The van der Waals surface area contributed by atoms with Crippen molar-refractivity contribution in [3.8, 4) is 0 Å². The van der Waals surface area contributed by atoms with Crippen LogP contribution in [0.1, 0.15) is 30.2 Å². The molecule has 3 N–H and O–H groups in total. The Hall–Kier alpha value is -1.63. The number of aromatic nitrogens is 2. The third-order valence-electron chi connectivity index (χ3n) is 2.70. The molecule has 0 aliphatic rings. The van der Waals surface area contributed by atoms with E-state index in [4.69, 9.17) is 21.9 Å². The highest BCUT2D eigenvalue weighted by Gasteiger charge is 2.23. The molecule has 0 radical (unpaired) electrons. The number of carbonyl (C=O) groups is 1. The lowest BCUT2D eigenvalue weighted by Crippen LogP contribution is -2.40. The van der Waals surface area contributed by atoms with Gasteiger partial charge in [-0.25, -0.2) is 0 Å². The fourth-order valence-electron chi connectivity index (χ4n) is 1.66. The van der Waals surface area contributed by atoms with Crippen LogP contribution >= 0.6 is 24.0 Å². The second-order valence-electron chi connectivity index (χ2n) is 4.45. The van der Waals surface area contributed by atoms with Crippen molar-refractivity contribution < 1.29 is 9.32 Å². The van der Waals surface area contributed by atoms with Crippen molar-refractivity contribution in [1.82, 2.24) is 15.5 Å². The highest BCUT2D eigenvalue weighted by Crippen LogP contribution is 2.21. The van der Waals surface area contributed by atoms with Crippen LogP contribution in [-0.4, -0.2) is 22.1 Å². The van der Waals surface area contributed by atoms with Crippen molar-refractivity contribution in [1.29, 1.82) is 0 Å². The average Bonchev–Trinajstić information content (AvgIpc) is 2.83. The Morgan fingerprint density at radius 1 is 1.38 bits per heavy atom. The summed E-state index contributed by atoms with van der Waals surface area (Å²) in [5.41, 5.74) is 6.37. The first-order chi connectivity index (χ1) is 9.47. The quantitative estimate of drug-likeness (QED) is 0.894. The number of nitrogens with zero attached hydrogens (tertiary/aromatic N) is 2. The molecule has 2 atom stereocenters. The molecule has 114 valence electrons. The maximum absolute atomic E-state index is 11.8. The van der Waals surface area contributed by atoms with Crippen LogP contribution in [0.2, 0.25) is 5.02 Å². The molecule has 0 fully saturated rings. The van der Waals surface area contributed by atoms with Crippen LogP contribution in [0, 0.1) is 6.92 Å². The molecule has 1 heterocycles. The number of amides is 1. The van der Waals surface area contributed by atoms with Gasteiger partial charge in [0.15, 0.2) is 5.82 Å². The molecular formula is C13H16Cl2N4O2. The number of rotatable bonds is 4. The van der Waals surface area contributed by atoms with Crippen LogP contribution in [0.3, 0.4) is 0 Å². The third-order valence-corrected chi connectivity index (χ3v) is 2.96. The van der Waals surface area contributed by atoms with Gasteiger partial charge in [-0.15, -0.1) is 12.4 Å². The van der Waals surface area contributed by atoms with E-state index in [0.29, 0.717) is 16.7 Å². The van der Waals surface area contributed by atoms with Gasteiger partial charge in [-0.3, -0.25) is 4.79 Å². The van der Waals surface area contributed by atoms with E-state index in [-0.39, 0.29) is 18.3 Å². The van der Waals surface area contributed by atoms with Gasteiger partial charge in [0.1, 0.15) is 6.04 Å². The molecule has 8 heteroatoms. The first-order valence-electron chi connectivity index (χ1n) is 6.09. The van der Waals surface area contributed by atoms with Crippen LogP contribution in [0.5, 0.6) is 0 Å². The molecule has 0 saturated carbocycles. The zero-order chi connectivity index (χ0) is 14.7. The predicted molar refractivity (Wildman–Crippen MR) is 81.4 cm³/mol. The lowest BCUT2D eigenvalue weighted by atomic mass is 10.1. The summed E-state index contributed by atoms with van der Waals surface area (Å²) in [6.07, 6.45) is 0. The van der Waals surface area contributed by atoms with Crippen molar-refractivity contribution in [2.24, 2.45) is 5.73 Å². The Labute approximate surface area is 133 Å². The fourth-order valence-corrected chi connectivity index (χ4v) is 1.78. The number of nitrogens with two attached hydrogens (primary N) is 1. The van der Waals surface area contributed by atoms with Crippen LogP contribution < -0.4 is 11.1 Å². The molecule has 0 saturated heterocycles. The topological polar surface area (TPSA) is 94.0 Å². The first kappa shape index (κ1) is 17.4. The summed E-state index contributed by atoms with van der Waals surface area (Å²) in [6.45, 7) is 3.29. The van der Waals surface area contributed by atoms with E-state index in [0.717, 1.165) is 5.56 Å². The molecular weight excluding hydrogens is 315 g/mol. The molecule has 21 heavy (non-hydrogen) atoms. The number of hydrogen-bond acceptors (Lipinski definition) is 5. The Morgan fingerprint density at radius 2 is 2.00 bits per heavy atom. The molecule has 0 aliphatic carbocycles. The predicted octanol–water partition coefficient (Wildman–Crippen LogP) is 2.01. The third kappa shape index (κ3) is 4.42. The summed E-state index contributed by atoms with van der Waals surface area (Å²) >= 11 is 5.87. The van der Waals surface area contributed by atoms with Crippen LogP contribution in [0.4, 0.5) is 0 Å². The molecule has 2 aromatic rings. The van der Waals surface area contributed by atoms with Gasteiger partial charge in [0, 0.05) is 11.9 Å². The molecule has 2 rings (SSSR count). The van der Waals surface area contributed by atoms with Crippen LogP contribution in [0.25, 0.3) is 0 Å². The summed E-state index contributed by atoms with van der Waals surface area (Å²) in [7, 11) is 0. The zero-order valence-electron chi connectivity index (χ0n) is 11.5. The zero-order valence-corrected chi connectivity index (χ0v) is 13.1. The second-order valence-corrected chi connectivity index (χ2v) is 4.89. The van der Waals surface area contributed by atoms with E-state index >= 15 is 0 Å². The minimum absolute atomic E-state index is 0. The van der Waals surface area contributed by atoms with Crippen molar-refractivity contribution in [2.75, 3.05) is 0 Å². The molecule has 0 bridgehead atoms. The number of aryl methyl sites for hydroxylation is 1. The smallest absolute Gasteiger partial charge is 0.237 e. The van der Waals surface area contributed by atoms with Gasteiger partial charge in [0.2, 0.25) is 11.8 Å². The second kappa shape index (κ2) is 7.40. The SMILES string of the molecule is Cc1nc(C(NC(=O)C(C)N)c2ccc(Cl)cc2)no1.Cl. The van der Waals surface area contributed by atoms with E-state index < -0.39 is 12.1 Å². The number of carbonyl (C=O) groups excluding carboxylic acids is 1. The summed E-state index contributed by atoms with van der Waals surface area (Å²) in [5.74, 6) is 0.500. The summed E-state index contributed by atoms with van der Waals surface area (Å²) < 4.78 is 4.96.